The van der Waals surface area contributed by atoms with E-state index < -0.39 is 37.3 Å². The van der Waals surface area contributed by atoms with E-state index in [-0.39, 0.29) is 0 Å². The maximum absolute atomic E-state index is 12.2. The van der Waals surface area contributed by atoms with Crippen LogP contribution >= 0.6 is 0 Å². The van der Waals surface area contributed by atoms with Crippen molar-refractivity contribution in [1.29, 1.82) is 0 Å². The standard InChI is InChI=1S/C14H16F3NO3/c15-14(16,17)8-13(21,10-19)9-18-12(20)7-6-11-4-2-1-3-5-11/h1-7,19,21H,8-10H2,(H,18,20)/b7-6+. The lowest BCUT2D eigenvalue weighted by Crippen LogP contribution is -2.48. The Morgan fingerprint density at radius 2 is 1.86 bits per heavy atom. The molecule has 116 valence electrons. The fourth-order valence-electron chi connectivity index (χ4n) is 1.59. The van der Waals surface area contributed by atoms with Gasteiger partial charge in [0.2, 0.25) is 5.91 Å². The number of aliphatic hydroxyl groups is 2. The zero-order chi connectivity index (χ0) is 15.9. The molecule has 0 aliphatic rings. The summed E-state index contributed by atoms with van der Waals surface area (Å²) in [7, 11) is 0. The largest absolute Gasteiger partial charge is 0.393 e. The fourth-order valence-corrected chi connectivity index (χ4v) is 1.59. The molecule has 0 radical (unpaired) electrons. The third-order valence-electron chi connectivity index (χ3n) is 2.64. The van der Waals surface area contributed by atoms with Crippen LogP contribution in [0.4, 0.5) is 13.2 Å². The molecular formula is C14H16F3NO3. The molecule has 0 aromatic heterocycles. The van der Waals surface area contributed by atoms with Crippen molar-refractivity contribution in [3.8, 4) is 0 Å². The summed E-state index contributed by atoms with van der Waals surface area (Å²) in [4.78, 5) is 11.5. The molecule has 0 bridgehead atoms. The Labute approximate surface area is 119 Å². The highest BCUT2D eigenvalue weighted by molar-refractivity contribution is 5.91. The van der Waals surface area contributed by atoms with Crippen LogP contribution in [0.2, 0.25) is 0 Å². The van der Waals surface area contributed by atoms with Gasteiger partial charge in [0.15, 0.2) is 0 Å². The highest BCUT2D eigenvalue weighted by Gasteiger charge is 2.41. The average Bonchev–Trinajstić information content (AvgIpc) is 2.42. The molecule has 7 heteroatoms. The molecule has 0 saturated heterocycles. The van der Waals surface area contributed by atoms with Gasteiger partial charge in [0.05, 0.1) is 13.0 Å². The van der Waals surface area contributed by atoms with Crippen molar-refractivity contribution in [1.82, 2.24) is 5.32 Å². The molecule has 1 unspecified atom stereocenters. The van der Waals surface area contributed by atoms with Gasteiger partial charge in [0.1, 0.15) is 5.60 Å². The first-order chi connectivity index (χ1) is 9.74. The molecule has 0 heterocycles. The molecule has 1 atom stereocenters. The first kappa shape index (κ1) is 17.2. The zero-order valence-corrected chi connectivity index (χ0v) is 11.1. The number of hydrogen-bond acceptors (Lipinski definition) is 3. The third kappa shape index (κ3) is 6.92. The summed E-state index contributed by atoms with van der Waals surface area (Å²) < 4.78 is 36.7. The molecule has 3 N–H and O–H groups in total. The number of rotatable bonds is 6. The van der Waals surface area contributed by atoms with Gasteiger partial charge in [-0.2, -0.15) is 13.2 Å². The summed E-state index contributed by atoms with van der Waals surface area (Å²) in [6.07, 6.45) is -3.61. The van der Waals surface area contributed by atoms with Crippen LogP contribution in [0, 0.1) is 0 Å². The summed E-state index contributed by atoms with van der Waals surface area (Å²) in [5.41, 5.74) is -1.67. The average molecular weight is 303 g/mol. The highest BCUT2D eigenvalue weighted by Crippen LogP contribution is 2.26. The molecule has 0 aliphatic heterocycles. The lowest BCUT2D eigenvalue weighted by atomic mass is 10.0. The molecule has 0 spiro atoms. The number of benzene rings is 1. The van der Waals surface area contributed by atoms with Crippen LogP contribution in [0.3, 0.4) is 0 Å². The lowest BCUT2D eigenvalue weighted by molar-refractivity contribution is -0.183. The second kappa shape index (κ2) is 7.24. The Morgan fingerprint density at radius 1 is 1.24 bits per heavy atom. The molecule has 1 aromatic carbocycles. The molecular weight excluding hydrogens is 287 g/mol. The molecule has 21 heavy (non-hydrogen) atoms. The van der Waals surface area contributed by atoms with E-state index in [2.05, 4.69) is 5.32 Å². The van der Waals surface area contributed by atoms with Crippen LogP contribution in [0.5, 0.6) is 0 Å². The van der Waals surface area contributed by atoms with E-state index in [0.29, 0.717) is 0 Å². The van der Waals surface area contributed by atoms with E-state index in [1.165, 1.54) is 6.08 Å². The summed E-state index contributed by atoms with van der Waals surface area (Å²) in [5.74, 6) is -0.659. The van der Waals surface area contributed by atoms with E-state index in [9.17, 15) is 23.1 Å². The Bertz CT molecular complexity index is 488. The van der Waals surface area contributed by atoms with E-state index in [4.69, 9.17) is 5.11 Å². The predicted octanol–water partition coefficient (Wildman–Crippen LogP) is 1.49. The minimum Gasteiger partial charge on any atom is -0.393 e. The summed E-state index contributed by atoms with van der Waals surface area (Å²) in [6.45, 7) is -1.80. The first-order valence-corrected chi connectivity index (χ1v) is 6.15. The number of amides is 1. The number of carbonyl (C=O) groups is 1. The van der Waals surface area contributed by atoms with Crippen LogP contribution in [-0.2, 0) is 4.79 Å². The second-order valence-electron chi connectivity index (χ2n) is 4.64. The Balaban J connectivity index is 2.53. The van der Waals surface area contributed by atoms with Gasteiger partial charge in [-0.25, -0.2) is 0 Å². The highest BCUT2D eigenvalue weighted by atomic mass is 19.4. The third-order valence-corrected chi connectivity index (χ3v) is 2.64. The van der Waals surface area contributed by atoms with Gasteiger partial charge in [0.25, 0.3) is 0 Å². The minimum atomic E-state index is -4.64. The quantitative estimate of drug-likeness (QED) is 0.697. The molecule has 0 saturated carbocycles. The second-order valence-corrected chi connectivity index (χ2v) is 4.64. The molecule has 1 amide bonds. The van der Waals surface area contributed by atoms with Crippen molar-refractivity contribution in [3.05, 3.63) is 42.0 Å². The Hall–Kier alpha value is -1.86. The number of aliphatic hydroxyl groups excluding tert-OH is 1. The summed E-state index contributed by atoms with van der Waals surface area (Å²) in [6, 6.07) is 8.84. The topological polar surface area (TPSA) is 69.6 Å². The van der Waals surface area contributed by atoms with E-state index in [1.54, 1.807) is 30.3 Å². The van der Waals surface area contributed by atoms with Gasteiger partial charge in [-0.15, -0.1) is 0 Å². The number of nitrogens with one attached hydrogen (secondary N) is 1. The SMILES string of the molecule is O=C(/C=C/c1ccccc1)NCC(O)(CO)CC(F)(F)F. The number of hydrogen-bond donors (Lipinski definition) is 3. The van der Waals surface area contributed by atoms with Gasteiger partial charge >= 0.3 is 6.18 Å². The van der Waals surface area contributed by atoms with Crippen LogP contribution in [0.15, 0.2) is 36.4 Å². The van der Waals surface area contributed by atoms with E-state index >= 15 is 0 Å². The molecule has 1 aromatic rings. The number of carbonyl (C=O) groups excluding carboxylic acids is 1. The first-order valence-electron chi connectivity index (χ1n) is 6.15. The Morgan fingerprint density at radius 3 is 2.38 bits per heavy atom. The Kier molecular flexibility index (Phi) is 5.92. The van der Waals surface area contributed by atoms with Crippen molar-refractivity contribution in [2.45, 2.75) is 18.2 Å². The van der Waals surface area contributed by atoms with Crippen LogP contribution in [0.1, 0.15) is 12.0 Å². The van der Waals surface area contributed by atoms with E-state index in [0.717, 1.165) is 11.6 Å². The van der Waals surface area contributed by atoms with Crippen molar-refractivity contribution in [3.63, 3.8) is 0 Å². The van der Waals surface area contributed by atoms with Crippen molar-refractivity contribution in [2.24, 2.45) is 0 Å². The van der Waals surface area contributed by atoms with Crippen molar-refractivity contribution in [2.75, 3.05) is 13.2 Å². The summed E-state index contributed by atoms with van der Waals surface area (Å²) >= 11 is 0. The maximum atomic E-state index is 12.2. The molecule has 1 rings (SSSR count). The van der Waals surface area contributed by atoms with Gasteiger partial charge in [-0.05, 0) is 11.6 Å². The lowest BCUT2D eigenvalue weighted by Gasteiger charge is -2.26. The van der Waals surface area contributed by atoms with Crippen LogP contribution in [0.25, 0.3) is 6.08 Å². The van der Waals surface area contributed by atoms with Crippen molar-refractivity contribution >= 4 is 12.0 Å². The van der Waals surface area contributed by atoms with Gasteiger partial charge in [0, 0.05) is 12.6 Å². The van der Waals surface area contributed by atoms with Crippen LogP contribution in [-0.4, -0.2) is 41.0 Å². The van der Waals surface area contributed by atoms with E-state index in [1.807, 2.05) is 0 Å². The van der Waals surface area contributed by atoms with Crippen LogP contribution < -0.4 is 5.32 Å². The fraction of sp³-hybridized carbons (Fsp3) is 0.357. The normalized spacial score (nSPS) is 14.9. The molecule has 4 nitrogen and oxygen atoms in total. The number of halogens is 3. The number of alkyl halides is 3. The van der Waals surface area contributed by atoms with Gasteiger partial charge in [-0.3, -0.25) is 4.79 Å². The smallest absolute Gasteiger partial charge is 0.392 e. The zero-order valence-electron chi connectivity index (χ0n) is 11.1. The summed E-state index contributed by atoms with van der Waals surface area (Å²) in [5, 5.41) is 20.6. The molecule has 0 fully saturated rings. The van der Waals surface area contributed by atoms with Gasteiger partial charge < -0.3 is 15.5 Å². The predicted molar refractivity (Wildman–Crippen MR) is 71.2 cm³/mol. The molecule has 0 aliphatic carbocycles. The monoisotopic (exact) mass is 303 g/mol. The van der Waals surface area contributed by atoms with Gasteiger partial charge in [-0.1, -0.05) is 30.3 Å². The van der Waals surface area contributed by atoms with Crippen molar-refractivity contribution < 1.29 is 28.2 Å². The maximum Gasteiger partial charge on any atom is 0.392 e. The minimum absolute atomic E-state index is 0.659.